The lowest BCUT2D eigenvalue weighted by Gasteiger charge is -1.94. The third-order valence-electron chi connectivity index (χ3n) is 3.12. The zero-order valence-electron chi connectivity index (χ0n) is 10.7. The highest BCUT2D eigenvalue weighted by Gasteiger charge is 2.11. The van der Waals surface area contributed by atoms with E-state index in [4.69, 9.17) is 4.52 Å². The SMILES string of the molecule is O=c1[nH]nc2cc(-c3nc(-c4ccccc4)no3)ccn12. The van der Waals surface area contributed by atoms with E-state index >= 15 is 0 Å². The Labute approximate surface area is 117 Å². The molecule has 0 amide bonds. The molecule has 3 aromatic heterocycles. The maximum absolute atomic E-state index is 11.4. The van der Waals surface area contributed by atoms with Crippen LogP contribution in [0.1, 0.15) is 0 Å². The molecular weight excluding hydrogens is 270 g/mol. The Morgan fingerprint density at radius 1 is 1.10 bits per heavy atom. The number of rotatable bonds is 2. The van der Waals surface area contributed by atoms with Crippen LogP contribution in [0.5, 0.6) is 0 Å². The first-order valence-electron chi connectivity index (χ1n) is 6.27. The molecule has 0 aliphatic rings. The molecule has 0 fully saturated rings. The van der Waals surface area contributed by atoms with E-state index in [2.05, 4.69) is 20.3 Å². The van der Waals surface area contributed by atoms with Gasteiger partial charge >= 0.3 is 5.69 Å². The van der Waals surface area contributed by atoms with E-state index in [0.717, 1.165) is 5.56 Å². The standard InChI is InChI=1S/C14H9N5O2/c20-14-17-16-11-8-10(6-7-19(11)14)13-15-12(18-21-13)9-4-2-1-3-5-9/h1-8H,(H,17,20). The smallest absolute Gasteiger partial charge is 0.334 e. The van der Waals surface area contributed by atoms with E-state index < -0.39 is 0 Å². The number of pyridine rings is 1. The number of benzene rings is 1. The van der Waals surface area contributed by atoms with Gasteiger partial charge in [-0.25, -0.2) is 9.89 Å². The number of fused-ring (bicyclic) bond motifs is 1. The quantitative estimate of drug-likeness (QED) is 0.603. The van der Waals surface area contributed by atoms with Crippen LogP contribution in [0.15, 0.2) is 58.0 Å². The molecule has 3 heterocycles. The van der Waals surface area contributed by atoms with Crippen molar-refractivity contribution >= 4 is 5.65 Å². The molecule has 0 saturated carbocycles. The maximum atomic E-state index is 11.4. The molecule has 4 rings (SSSR count). The summed E-state index contributed by atoms with van der Waals surface area (Å²) in [4.78, 5) is 15.8. The second kappa shape index (κ2) is 4.41. The molecule has 0 aliphatic heterocycles. The van der Waals surface area contributed by atoms with Gasteiger partial charge in [-0.1, -0.05) is 35.5 Å². The Balaban J connectivity index is 1.79. The van der Waals surface area contributed by atoms with E-state index in [0.29, 0.717) is 22.9 Å². The molecule has 0 aliphatic carbocycles. The third-order valence-corrected chi connectivity index (χ3v) is 3.12. The fraction of sp³-hybridized carbons (Fsp3) is 0. The molecule has 4 aromatic rings. The van der Waals surface area contributed by atoms with Crippen LogP contribution in [-0.2, 0) is 0 Å². The summed E-state index contributed by atoms with van der Waals surface area (Å²) in [7, 11) is 0. The monoisotopic (exact) mass is 279 g/mol. The molecule has 0 atom stereocenters. The summed E-state index contributed by atoms with van der Waals surface area (Å²) in [6.07, 6.45) is 1.61. The summed E-state index contributed by atoms with van der Waals surface area (Å²) < 4.78 is 6.68. The molecule has 0 spiro atoms. The third kappa shape index (κ3) is 1.91. The molecule has 0 unspecified atom stereocenters. The van der Waals surface area contributed by atoms with Gasteiger partial charge in [-0.2, -0.15) is 10.1 Å². The first-order chi connectivity index (χ1) is 10.3. The van der Waals surface area contributed by atoms with Crippen molar-refractivity contribution in [2.24, 2.45) is 0 Å². The van der Waals surface area contributed by atoms with E-state index in [9.17, 15) is 4.79 Å². The Kier molecular flexibility index (Phi) is 2.43. The highest BCUT2D eigenvalue weighted by Crippen LogP contribution is 2.22. The maximum Gasteiger partial charge on any atom is 0.347 e. The Morgan fingerprint density at radius 3 is 2.81 bits per heavy atom. The van der Waals surface area contributed by atoms with Crippen molar-refractivity contribution < 1.29 is 4.52 Å². The first kappa shape index (κ1) is 11.6. The van der Waals surface area contributed by atoms with Gasteiger partial charge in [0.05, 0.1) is 0 Å². The van der Waals surface area contributed by atoms with Crippen LogP contribution < -0.4 is 5.69 Å². The van der Waals surface area contributed by atoms with Crippen molar-refractivity contribution in [2.75, 3.05) is 0 Å². The number of nitrogens with zero attached hydrogens (tertiary/aromatic N) is 4. The highest BCUT2D eigenvalue weighted by molar-refractivity contribution is 5.62. The first-order valence-corrected chi connectivity index (χ1v) is 6.27. The number of nitrogens with one attached hydrogen (secondary N) is 1. The summed E-state index contributed by atoms with van der Waals surface area (Å²) in [6.45, 7) is 0. The highest BCUT2D eigenvalue weighted by atomic mass is 16.5. The molecule has 7 heteroatoms. The lowest BCUT2D eigenvalue weighted by atomic mass is 10.2. The summed E-state index contributed by atoms with van der Waals surface area (Å²) in [6, 6.07) is 13.0. The second-order valence-corrected chi connectivity index (χ2v) is 4.46. The fourth-order valence-corrected chi connectivity index (χ4v) is 2.08. The zero-order chi connectivity index (χ0) is 14.2. The van der Waals surface area contributed by atoms with Crippen LogP contribution in [0.4, 0.5) is 0 Å². The number of aromatic amines is 1. The second-order valence-electron chi connectivity index (χ2n) is 4.46. The molecule has 21 heavy (non-hydrogen) atoms. The zero-order valence-corrected chi connectivity index (χ0v) is 10.7. The number of H-pyrrole nitrogens is 1. The molecule has 102 valence electrons. The van der Waals surface area contributed by atoms with E-state index in [1.165, 1.54) is 4.40 Å². The molecule has 0 radical (unpaired) electrons. The largest absolute Gasteiger partial charge is 0.347 e. The van der Waals surface area contributed by atoms with Crippen molar-refractivity contribution in [3.05, 3.63) is 59.1 Å². The average Bonchev–Trinajstić information content (AvgIpc) is 3.15. The van der Waals surface area contributed by atoms with Gasteiger partial charge in [0.15, 0.2) is 5.65 Å². The van der Waals surface area contributed by atoms with Crippen molar-refractivity contribution in [3.63, 3.8) is 0 Å². The van der Waals surface area contributed by atoms with Crippen molar-refractivity contribution in [1.82, 2.24) is 24.7 Å². The molecule has 7 nitrogen and oxygen atoms in total. The van der Waals surface area contributed by atoms with Crippen LogP contribution in [0.2, 0.25) is 0 Å². The van der Waals surface area contributed by atoms with Gasteiger partial charge < -0.3 is 4.52 Å². The summed E-state index contributed by atoms with van der Waals surface area (Å²) in [5.74, 6) is 0.900. The van der Waals surface area contributed by atoms with Crippen LogP contribution in [0.25, 0.3) is 28.5 Å². The van der Waals surface area contributed by atoms with Crippen LogP contribution >= 0.6 is 0 Å². The molecule has 1 aromatic carbocycles. The molecule has 0 bridgehead atoms. The average molecular weight is 279 g/mol. The fourth-order valence-electron chi connectivity index (χ4n) is 2.08. The van der Waals surface area contributed by atoms with Gasteiger partial charge in [0, 0.05) is 17.3 Å². The minimum atomic E-state index is -0.285. The normalized spacial score (nSPS) is 11.0. The van der Waals surface area contributed by atoms with E-state index in [-0.39, 0.29) is 5.69 Å². The lowest BCUT2D eigenvalue weighted by molar-refractivity contribution is 0.432. The molecule has 0 saturated heterocycles. The predicted octanol–water partition coefficient (Wildman–Crippen LogP) is 1.74. The lowest BCUT2D eigenvalue weighted by Crippen LogP contribution is -2.08. The van der Waals surface area contributed by atoms with Gasteiger partial charge in [0.25, 0.3) is 5.89 Å². The van der Waals surface area contributed by atoms with E-state index in [1.54, 1.807) is 18.3 Å². The number of hydrogen-bond acceptors (Lipinski definition) is 5. The van der Waals surface area contributed by atoms with Gasteiger partial charge in [0.1, 0.15) is 0 Å². The van der Waals surface area contributed by atoms with Crippen molar-refractivity contribution in [3.8, 4) is 22.8 Å². The predicted molar refractivity (Wildman–Crippen MR) is 74.5 cm³/mol. The van der Waals surface area contributed by atoms with Crippen molar-refractivity contribution in [2.45, 2.75) is 0 Å². The Morgan fingerprint density at radius 2 is 1.95 bits per heavy atom. The van der Waals surface area contributed by atoms with Crippen LogP contribution in [0, 0.1) is 0 Å². The van der Waals surface area contributed by atoms with Gasteiger partial charge in [-0.3, -0.25) is 4.40 Å². The number of hydrogen-bond donors (Lipinski definition) is 1. The summed E-state index contributed by atoms with van der Waals surface area (Å²) in [5.41, 5.74) is 1.80. The Bertz CT molecular complexity index is 968. The van der Waals surface area contributed by atoms with Gasteiger partial charge in [0.2, 0.25) is 5.82 Å². The molecule has 1 N–H and O–H groups in total. The van der Waals surface area contributed by atoms with Gasteiger partial charge in [-0.15, -0.1) is 0 Å². The molecular formula is C14H9N5O2. The van der Waals surface area contributed by atoms with Crippen LogP contribution in [0.3, 0.4) is 0 Å². The minimum Gasteiger partial charge on any atom is -0.334 e. The summed E-state index contributed by atoms with van der Waals surface area (Å²) in [5, 5.41) is 10.2. The minimum absolute atomic E-state index is 0.285. The summed E-state index contributed by atoms with van der Waals surface area (Å²) >= 11 is 0. The van der Waals surface area contributed by atoms with Crippen molar-refractivity contribution in [1.29, 1.82) is 0 Å². The van der Waals surface area contributed by atoms with E-state index in [1.807, 2.05) is 30.3 Å². The topological polar surface area (TPSA) is 89.1 Å². The van der Waals surface area contributed by atoms with Crippen LogP contribution in [-0.4, -0.2) is 24.7 Å². The Hall–Kier alpha value is -3.22. The van der Waals surface area contributed by atoms with Gasteiger partial charge in [-0.05, 0) is 12.1 Å². The number of aromatic nitrogens is 5.